The Bertz CT molecular complexity index is 454. The SMILES string of the molecule is Cc1cnc(Nc2cccc(Br)c2)nc1. The second kappa shape index (κ2) is 4.40. The van der Waals surface area contributed by atoms with Crippen LogP contribution in [0.4, 0.5) is 11.6 Å². The summed E-state index contributed by atoms with van der Waals surface area (Å²) in [5.41, 5.74) is 2.02. The van der Waals surface area contributed by atoms with E-state index in [4.69, 9.17) is 0 Å². The molecule has 0 aliphatic rings. The molecule has 0 unspecified atom stereocenters. The van der Waals surface area contributed by atoms with Gasteiger partial charge in [0, 0.05) is 22.6 Å². The van der Waals surface area contributed by atoms with Gasteiger partial charge in [0.25, 0.3) is 0 Å². The second-order valence-electron chi connectivity index (χ2n) is 3.22. The van der Waals surface area contributed by atoms with Crippen molar-refractivity contribution in [2.45, 2.75) is 6.92 Å². The molecular weight excluding hydrogens is 254 g/mol. The van der Waals surface area contributed by atoms with Crippen LogP contribution in [-0.2, 0) is 0 Å². The van der Waals surface area contributed by atoms with Crippen LogP contribution in [0.5, 0.6) is 0 Å². The van der Waals surface area contributed by atoms with Gasteiger partial charge < -0.3 is 5.32 Å². The van der Waals surface area contributed by atoms with Crippen LogP contribution < -0.4 is 5.32 Å². The number of nitrogens with zero attached hydrogens (tertiary/aromatic N) is 2. The number of rotatable bonds is 2. The average Bonchev–Trinajstić information content (AvgIpc) is 2.22. The Hall–Kier alpha value is -1.42. The normalized spacial score (nSPS) is 10.0. The van der Waals surface area contributed by atoms with Gasteiger partial charge in [0.15, 0.2) is 0 Å². The maximum absolute atomic E-state index is 4.17. The van der Waals surface area contributed by atoms with Crippen molar-refractivity contribution in [1.29, 1.82) is 0 Å². The summed E-state index contributed by atoms with van der Waals surface area (Å²) in [6.45, 7) is 1.96. The highest BCUT2D eigenvalue weighted by Crippen LogP contribution is 2.17. The summed E-state index contributed by atoms with van der Waals surface area (Å²) in [7, 11) is 0. The number of hydrogen-bond donors (Lipinski definition) is 1. The Morgan fingerprint density at radius 2 is 1.93 bits per heavy atom. The molecule has 1 N–H and O–H groups in total. The highest BCUT2D eigenvalue weighted by molar-refractivity contribution is 9.10. The fraction of sp³-hybridized carbons (Fsp3) is 0.0909. The summed E-state index contributed by atoms with van der Waals surface area (Å²) in [6, 6.07) is 7.87. The van der Waals surface area contributed by atoms with E-state index in [9.17, 15) is 0 Å². The van der Waals surface area contributed by atoms with E-state index in [1.807, 2.05) is 31.2 Å². The molecule has 2 rings (SSSR count). The molecule has 0 aliphatic heterocycles. The Morgan fingerprint density at radius 1 is 1.20 bits per heavy atom. The molecule has 0 saturated carbocycles. The molecule has 0 bridgehead atoms. The number of benzene rings is 1. The highest BCUT2D eigenvalue weighted by Gasteiger charge is 1.97. The van der Waals surface area contributed by atoms with Crippen LogP contribution in [0, 0.1) is 6.92 Å². The number of hydrogen-bond acceptors (Lipinski definition) is 3. The lowest BCUT2D eigenvalue weighted by Gasteiger charge is -2.04. The van der Waals surface area contributed by atoms with Gasteiger partial charge in [-0.2, -0.15) is 0 Å². The van der Waals surface area contributed by atoms with Gasteiger partial charge in [-0.15, -0.1) is 0 Å². The van der Waals surface area contributed by atoms with Crippen molar-refractivity contribution in [2.24, 2.45) is 0 Å². The maximum Gasteiger partial charge on any atom is 0.227 e. The van der Waals surface area contributed by atoms with E-state index in [0.717, 1.165) is 15.7 Å². The van der Waals surface area contributed by atoms with Crippen molar-refractivity contribution in [3.05, 3.63) is 46.7 Å². The summed E-state index contributed by atoms with van der Waals surface area (Å²) in [5, 5.41) is 3.12. The predicted molar refractivity (Wildman–Crippen MR) is 64.2 cm³/mol. The zero-order valence-corrected chi connectivity index (χ0v) is 9.82. The lowest BCUT2D eigenvalue weighted by Crippen LogP contribution is -1.96. The third kappa shape index (κ3) is 2.76. The molecule has 0 fully saturated rings. The topological polar surface area (TPSA) is 37.8 Å². The molecular formula is C11H10BrN3. The predicted octanol–water partition coefficient (Wildman–Crippen LogP) is 3.29. The first-order chi connectivity index (χ1) is 7.24. The third-order valence-corrected chi connectivity index (χ3v) is 2.35. The number of aromatic nitrogens is 2. The van der Waals surface area contributed by atoms with E-state index in [1.54, 1.807) is 12.4 Å². The molecule has 4 heteroatoms. The highest BCUT2D eigenvalue weighted by atomic mass is 79.9. The maximum atomic E-state index is 4.17. The molecule has 1 aromatic carbocycles. The monoisotopic (exact) mass is 263 g/mol. The molecule has 76 valence electrons. The van der Waals surface area contributed by atoms with Gasteiger partial charge in [-0.1, -0.05) is 22.0 Å². The Kier molecular flexibility index (Phi) is 2.97. The molecule has 1 heterocycles. The first-order valence-electron chi connectivity index (χ1n) is 4.55. The van der Waals surface area contributed by atoms with Gasteiger partial charge in [0.2, 0.25) is 5.95 Å². The molecule has 2 aromatic rings. The van der Waals surface area contributed by atoms with E-state index >= 15 is 0 Å². The summed E-state index contributed by atoms with van der Waals surface area (Å²) in [5.74, 6) is 0.610. The minimum absolute atomic E-state index is 0.610. The summed E-state index contributed by atoms with van der Waals surface area (Å²) in [6.07, 6.45) is 3.57. The molecule has 15 heavy (non-hydrogen) atoms. The van der Waals surface area contributed by atoms with Gasteiger partial charge >= 0.3 is 0 Å². The third-order valence-electron chi connectivity index (χ3n) is 1.86. The molecule has 0 spiro atoms. The van der Waals surface area contributed by atoms with Gasteiger partial charge in [-0.25, -0.2) is 9.97 Å². The van der Waals surface area contributed by atoms with Crippen molar-refractivity contribution in [3.8, 4) is 0 Å². The second-order valence-corrected chi connectivity index (χ2v) is 4.14. The van der Waals surface area contributed by atoms with Crippen LogP contribution in [0.1, 0.15) is 5.56 Å². The average molecular weight is 264 g/mol. The van der Waals surface area contributed by atoms with Crippen molar-refractivity contribution in [1.82, 2.24) is 9.97 Å². The first kappa shape index (κ1) is 10.1. The lowest BCUT2D eigenvalue weighted by molar-refractivity contribution is 1.13. The van der Waals surface area contributed by atoms with Gasteiger partial charge in [0.05, 0.1) is 0 Å². The number of anilines is 2. The van der Waals surface area contributed by atoms with Crippen LogP contribution in [0.3, 0.4) is 0 Å². The van der Waals surface area contributed by atoms with Gasteiger partial charge in [-0.05, 0) is 30.7 Å². The number of halogens is 1. The molecule has 0 saturated heterocycles. The van der Waals surface area contributed by atoms with E-state index in [0.29, 0.717) is 5.95 Å². The zero-order chi connectivity index (χ0) is 10.7. The molecule has 0 radical (unpaired) electrons. The smallest absolute Gasteiger partial charge is 0.227 e. The van der Waals surface area contributed by atoms with E-state index in [-0.39, 0.29) is 0 Å². The van der Waals surface area contributed by atoms with Crippen LogP contribution >= 0.6 is 15.9 Å². The number of aryl methyl sites for hydroxylation is 1. The summed E-state index contributed by atoms with van der Waals surface area (Å²) >= 11 is 3.41. The molecule has 0 amide bonds. The largest absolute Gasteiger partial charge is 0.324 e. The quantitative estimate of drug-likeness (QED) is 0.904. The van der Waals surface area contributed by atoms with E-state index in [1.165, 1.54) is 0 Å². The fourth-order valence-electron chi connectivity index (χ4n) is 1.15. The van der Waals surface area contributed by atoms with Gasteiger partial charge in [0.1, 0.15) is 0 Å². The van der Waals surface area contributed by atoms with E-state index < -0.39 is 0 Å². The van der Waals surface area contributed by atoms with Crippen LogP contribution in [0.15, 0.2) is 41.1 Å². The van der Waals surface area contributed by atoms with Crippen molar-refractivity contribution < 1.29 is 0 Å². The first-order valence-corrected chi connectivity index (χ1v) is 5.34. The summed E-state index contributed by atoms with van der Waals surface area (Å²) in [4.78, 5) is 8.33. The van der Waals surface area contributed by atoms with Crippen LogP contribution in [0.2, 0.25) is 0 Å². The van der Waals surface area contributed by atoms with Gasteiger partial charge in [-0.3, -0.25) is 0 Å². The Morgan fingerprint density at radius 3 is 2.60 bits per heavy atom. The van der Waals surface area contributed by atoms with Crippen molar-refractivity contribution in [2.75, 3.05) is 5.32 Å². The Labute approximate surface area is 96.7 Å². The minimum Gasteiger partial charge on any atom is -0.324 e. The van der Waals surface area contributed by atoms with E-state index in [2.05, 4.69) is 31.2 Å². The van der Waals surface area contributed by atoms with Crippen molar-refractivity contribution in [3.63, 3.8) is 0 Å². The lowest BCUT2D eigenvalue weighted by atomic mass is 10.3. The standard InChI is InChI=1S/C11H10BrN3/c1-8-6-13-11(14-7-8)15-10-4-2-3-9(12)5-10/h2-7H,1H3,(H,13,14,15). The molecule has 0 atom stereocenters. The van der Waals surface area contributed by atoms with Crippen LogP contribution in [-0.4, -0.2) is 9.97 Å². The van der Waals surface area contributed by atoms with Crippen LogP contribution in [0.25, 0.3) is 0 Å². The van der Waals surface area contributed by atoms with Crippen molar-refractivity contribution >= 4 is 27.6 Å². The molecule has 1 aromatic heterocycles. The number of nitrogens with one attached hydrogen (secondary N) is 1. The molecule has 3 nitrogen and oxygen atoms in total. The minimum atomic E-state index is 0.610. The Balaban J connectivity index is 2.18. The fourth-order valence-corrected chi connectivity index (χ4v) is 1.55. The zero-order valence-electron chi connectivity index (χ0n) is 8.24. The summed E-state index contributed by atoms with van der Waals surface area (Å²) < 4.78 is 1.03. The molecule has 0 aliphatic carbocycles.